The fraction of sp³-hybridized carbons (Fsp3) is 0.235. The smallest absolute Gasteiger partial charge is 0.338 e. The number of carboxylic acid groups (broad SMARTS) is 1. The number of nitrogens with zero attached hydrogens (tertiary/aromatic N) is 1. The molecule has 1 heterocycles. The normalized spacial score (nSPS) is 18.0. The number of carboxylic acids is 1. The van der Waals surface area contributed by atoms with Gasteiger partial charge in [0, 0.05) is 24.7 Å². The maximum Gasteiger partial charge on any atom is 0.338 e. The Hall–Kier alpha value is -2.36. The Kier molecular flexibility index (Phi) is 3.60. The Balaban J connectivity index is 1.77. The SMILES string of the molecule is O=C(O)c1ccc(N2CCC(c3ccccc3)C2)cc1F. The monoisotopic (exact) mass is 285 g/mol. The molecule has 4 heteroatoms. The fourth-order valence-electron chi connectivity index (χ4n) is 2.87. The molecular formula is C17H16FNO2. The molecule has 1 aliphatic rings. The number of benzene rings is 2. The molecule has 0 aromatic heterocycles. The summed E-state index contributed by atoms with van der Waals surface area (Å²) in [6.07, 6.45) is 1.02. The van der Waals surface area contributed by atoms with Crippen LogP contribution in [0.1, 0.15) is 28.3 Å². The lowest BCUT2D eigenvalue weighted by Crippen LogP contribution is -2.19. The first kappa shape index (κ1) is 13.6. The molecular weight excluding hydrogens is 269 g/mol. The summed E-state index contributed by atoms with van der Waals surface area (Å²) in [5.41, 5.74) is 1.76. The van der Waals surface area contributed by atoms with Crippen LogP contribution in [-0.2, 0) is 0 Å². The van der Waals surface area contributed by atoms with Gasteiger partial charge in [-0.15, -0.1) is 0 Å². The lowest BCUT2D eigenvalue weighted by Gasteiger charge is -2.19. The molecule has 0 bridgehead atoms. The summed E-state index contributed by atoms with van der Waals surface area (Å²) in [6, 6.07) is 14.6. The van der Waals surface area contributed by atoms with Crippen LogP contribution in [0, 0.1) is 5.82 Å². The van der Waals surface area contributed by atoms with Crippen molar-refractivity contribution >= 4 is 11.7 Å². The molecule has 108 valence electrons. The van der Waals surface area contributed by atoms with Gasteiger partial charge in [0.25, 0.3) is 0 Å². The lowest BCUT2D eigenvalue weighted by atomic mass is 9.99. The summed E-state index contributed by atoms with van der Waals surface area (Å²) in [7, 11) is 0. The quantitative estimate of drug-likeness (QED) is 0.938. The summed E-state index contributed by atoms with van der Waals surface area (Å²) >= 11 is 0. The number of carbonyl (C=O) groups is 1. The second-order valence-electron chi connectivity index (χ2n) is 5.31. The molecule has 0 aliphatic carbocycles. The van der Waals surface area contributed by atoms with E-state index in [9.17, 15) is 9.18 Å². The van der Waals surface area contributed by atoms with Gasteiger partial charge >= 0.3 is 5.97 Å². The first-order valence-electron chi connectivity index (χ1n) is 6.98. The van der Waals surface area contributed by atoms with E-state index in [-0.39, 0.29) is 5.56 Å². The van der Waals surface area contributed by atoms with Crippen molar-refractivity contribution < 1.29 is 14.3 Å². The minimum Gasteiger partial charge on any atom is -0.478 e. The molecule has 0 saturated carbocycles. The third kappa shape index (κ3) is 2.75. The summed E-state index contributed by atoms with van der Waals surface area (Å²) in [5, 5.41) is 8.86. The molecule has 1 aliphatic heterocycles. The van der Waals surface area contributed by atoms with E-state index in [2.05, 4.69) is 17.0 Å². The van der Waals surface area contributed by atoms with Crippen LogP contribution >= 0.6 is 0 Å². The largest absolute Gasteiger partial charge is 0.478 e. The molecule has 0 amide bonds. The molecule has 1 unspecified atom stereocenters. The Morgan fingerprint density at radius 2 is 1.95 bits per heavy atom. The van der Waals surface area contributed by atoms with Crippen molar-refractivity contribution in [1.82, 2.24) is 0 Å². The molecule has 1 saturated heterocycles. The van der Waals surface area contributed by atoms with E-state index < -0.39 is 11.8 Å². The van der Waals surface area contributed by atoms with Gasteiger partial charge in [-0.05, 0) is 30.2 Å². The Morgan fingerprint density at radius 3 is 2.62 bits per heavy atom. The number of anilines is 1. The molecule has 0 radical (unpaired) electrons. The van der Waals surface area contributed by atoms with Gasteiger partial charge in [-0.25, -0.2) is 9.18 Å². The highest BCUT2D eigenvalue weighted by Gasteiger charge is 2.24. The van der Waals surface area contributed by atoms with Gasteiger partial charge in [0.2, 0.25) is 0 Å². The van der Waals surface area contributed by atoms with Gasteiger partial charge < -0.3 is 10.0 Å². The number of hydrogen-bond donors (Lipinski definition) is 1. The highest BCUT2D eigenvalue weighted by molar-refractivity contribution is 5.88. The van der Waals surface area contributed by atoms with Crippen molar-refractivity contribution in [3.05, 3.63) is 65.5 Å². The lowest BCUT2D eigenvalue weighted by molar-refractivity contribution is 0.0692. The zero-order valence-corrected chi connectivity index (χ0v) is 11.5. The van der Waals surface area contributed by atoms with Crippen molar-refractivity contribution in [2.45, 2.75) is 12.3 Å². The van der Waals surface area contributed by atoms with Gasteiger partial charge in [-0.1, -0.05) is 30.3 Å². The molecule has 2 aromatic rings. The standard InChI is InChI=1S/C17H16FNO2/c18-16-10-14(6-7-15(16)17(20)21)19-9-8-13(11-19)12-4-2-1-3-5-12/h1-7,10,13H,8-9,11H2,(H,20,21). The number of hydrogen-bond acceptors (Lipinski definition) is 2. The number of halogens is 1. The van der Waals surface area contributed by atoms with Crippen LogP contribution in [-0.4, -0.2) is 24.2 Å². The van der Waals surface area contributed by atoms with Crippen LogP contribution in [0.3, 0.4) is 0 Å². The van der Waals surface area contributed by atoms with Gasteiger partial charge in [0.05, 0.1) is 5.56 Å². The van der Waals surface area contributed by atoms with Gasteiger partial charge in [-0.2, -0.15) is 0 Å². The topological polar surface area (TPSA) is 40.5 Å². The van der Waals surface area contributed by atoms with Gasteiger partial charge in [0.15, 0.2) is 0 Å². The molecule has 0 spiro atoms. The average molecular weight is 285 g/mol. The van der Waals surface area contributed by atoms with Crippen LogP contribution in [0.25, 0.3) is 0 Å². The zero-order chi connectivity index (χ0) is 14.8. The third-order valence-electron chi connectivity index (χ3n) is 4.01. The first-order chi connectivity index (χ1) is 10.1. The van der Waals surface area contributed by atoms with E-state index >= 15 is 0 Å². The van der Waals surface area contributed by atoms with Crippen LogP contribution < -0.4 is 4.90 Å². The number of aromatic carboxylic acids is 1. The Morgan fingerprint density at radius 1 is 1.19 bits per heavy atom. The second-order valence-corrected chi connectivity index (χ2v) is 5.31. The van der Waals surface area contributed by atoms with E-state index in [1.54, 1.807) is 6.07 Å². The van der Waals surface area contributed by atoms with Crippen LogP contribution in [0.4, 0.5) is 10.1 Å². The van der Waals surface area contributed by atoms with Crippen LogP contribution in [0.15, 0.2) is 48.5 Å². The van der Waals surface area contributed by atoms with E-state index in [4.69, 9.17) is 5.11 Å². The molecule has 3 rings (SSSR count). The average Bonchev–Trinajstić information content (AvgIpc) is 2.97. The summed E-state index contributed by atoms with van der Waals surface area (Å²) in [4.78, 5) is 12.9. The summed E-state index contributed by atoms with van der Waals surface area (Å²) in [6.45, 7) is 1.68. The molecule has 21 heavy (non-hydrogen) atoms. The van der Waals surface area contributed by atoms with E-state index in [0.717, 1.165) is 25.2 Å². The fourth-order valence-corrected chi connectivity index (χ4v) is 2.87. The Labute approximate surface area is 122 Å². The summed E-state index contributed by atoms with van der Waals surface area (Å²) in [5.74, 6) is -1.47. The molecule has 1 N–H and O–H groups in total. The highest BCUT2D eigenvalue weighted by atomic mass is 19.1. The zero-order valence-electron chi connectivity index (χ0n) is 11.5. The van der Waals surface area contributed by atoms with Crippen LogP contribution in [0.5, 0.6) is 0 Å². The predicted octanol–water partition coefficient (Wildman–Crippen LogP) is 3.52. The molecule has 1 atom stereocenters. The maximum absolute atomic E-state index is 13.8. The van der Waals surface area contributed by atoms with E-state index in [0.29, 0.717) is 5.92 Å². The first-order valence-corrected chi connectivity index (χ1v) is 6.98. The predicted molar refractivity (Wildman–Crippen MR) is 79.4 cm³/mol. The highest BCUT2D eigenvalue weighted by Crippen LogP contribution is 2.31. The minimum atomic E-state index is -1.23. The van der Waals surface area contributed by atoms with Crippen molar-refractivity contribution in [3.8, 4) is 0 Å². The molecule has 2 aromatic carbocycles. The number of rotatable bonds is 3. The van der Waals surface area contributed by atoms with Gasteiger partial charge in [0.1, 0.15) is 5.82 Å². The molecule has 3 nitrogen and oxygen atoms in total. The van der Waals surface area contributed by atoms with Crippen molar-refractivity contribution in [2.75, 3.05) is 18.0 Å². The van der Waals surface area contributed by atoms with E-state index in [1.807, 2.05) is 18.2 Å². The molecule has 1 fully saturated rings. The maximum atomic E-state index is 13.8. The summed E-state index contributed by atoms with van der Waals surface area (Å²) < 4.78 is 13.8. The van der Waals surface area contributed by atoms with Crippen LogP contribution in [0.2, 0.25) is 0 Å². The Bertz CT molecular complexity index is 657. The second kappa shape index (κ2) is 5.56. The van der Waals surface area contributed by atoms with Crippen molar-refractivity contribution in [2.24, 2.45) is 0 Å². The van der Waals surface area contributed by atoms with Gasteiger partial charge in [-0.3, -0.25) is 0 Å². The van der Waals surface area contributed by atoms with E-state index in [1.165, 1.54) is 17.7 Å². The van der Waals surface area contributed by atoms with Crippen molar-refractivity contribution in [1.29, 1.82) is 0 Å². The van der Waals surface area contributed by atoms with Crippen molar-refractivity contribution in [3.63, 3.8) is 0 Å². The third-order valence-corrected chi connectivity index (χ3v) is 4.01. The minimum absolute atomic E-state index is 0.280.